The average Bonchev–Trinajstić information content (AvgIpc) is 3.22. The van der Waals surface area contributed by atoms with Gasteiger partial charge in [0.15, 0.2) is 0 Å². The van der Waals surface area contributed by atoms with Crippen LogP contribution in [0, 0.1) is 12.8 Å². The smallest absolute Gasteiger partial charge is 0.233 e. The molecule has 30 heavy (non-hydrogen) atoms. The number of hydrogen-bond donors (Lipinski definition) is 0. The van der Waals surface area contributed by atoms with Crippen LogP contribution in [0.1, 0.15) is 29.7 Å². The van der Waals surface area contributed by atoms with Gasteiger partial charge in [-0.25, -0.2) is 9.97 Å². The quantitative estimate of drug-likeness (QED) is 0.570. The molecule has 158 valence electrons. The van der Waals surface area contributed by atoms with Crippen LogP contribution in [0.15, 0.2) is 61.1 Å². The molecule has 5 heteroatoms. The third kappa shape index (κ3) is 5.35. The SMILES string of the molecule is Cc1ccccc1CCN1CCC[C@H](CN(C)Cc2cccn2-c2ncccn2)C1. The fourth-order valence-electron chi connectivity index (χ4n) is 4.61. The van der Waals surface area contributed by atoms with Crippen molar-refractivity contribution >= 4 is 0 Å². The van der Waals surface area contributed by atoms with Crippen LogP contribution in [0.2, 0.25) is 0 Å². The zero-order chi connectivity index (χ0) is 20.8. The summed E-state index contributed by atoms with van der Waals surface area (Å²) in [5.74, 6) is 1.47. The van der Waals surface area contributed by atoms with Crippen molar-refractivity contribution < 1.29 is 0 Å². The number of hydrogen-bond acceptors (Lipinski definition) is 4. The third-order valence-electron chi connectivity index (χ3n) is 6.16. The molecule has 0 aliphatic carbocycles. The molecule has 0 N–H and O–H groups in total. The molecule has 0 bridgehead atoms. The zero-order valence-electron chi connectivity index (χ0n) is 18.2. The summed E-state index contributed by atoms with van der Waals surface area (Å²) < 4.78 is 2.09. The van der Waals surface area contributed by atoms with Gasteiger partial charge in [-0.2, -0.15) is 0 Å². The van der Waals surface area contributed by atoms with E-state index in [0.717, 1.165) is 31.4 Å². The Labute approximate surface area is 180 Å². The molecular weight excluding hydrogens is 370 g/mol. The molecule has 2 aromatic heterocycles. The number of benzene rings is 1. The molecule has 0 radical (unpaired) electrons. The standard InChI is InChI=1S/C25H33N5/c1-21-8-3-4-10-23(21)12-17-29-15-5-9-22(19-29)18-28(2)20-24-11-6-16-30(24)25-26-13-7-14-27-25/h3-4,6-8,10-11,13-14,16,22H,5,9,12,15,17-20H2,1-2H3/t22-/m1/s1. The van der Waals surface area contributed by atoms with Crippen LogP contribution in [-0.2, 0) is 13.0 Å². The van der Waals surface area contributed by atoms with E-state index in [9.17, 15) is 0 Å². The van der Waals surface area contributed by atoms with E-state index in [1.54, 1.807) is 12.4 Å². The van der Waals surface area contributed by atoms with Crippen molar-refractivity contribution in [2.24, 2.45) is 5.92 Å². The van der Waals surface area contributed by atoms with Crippen LogP contribution in [0.25, 0.3) is 5.95 Å². The van der Waals surface area contributed by atoms with Gasteiger partial charge in [0.1, 0.15) is 0 Å². The lowest BCUT2D eigenvalue weighted by Gasteiger charge is -2.35. The van der Waals surface area contributed by atoms with Gasteiger partial charge in [0, 0.05) is 50.5 Å². The van der Waals surface area contributed by atoms with E-state index in [4.69, 9.17) is 0 Å². The minimum Gasteiger partial charge on any atom is -0.303 e. The molecule has 1 atom stereocenters. The summed E-state index contributed by atoms with van der Waals surface area (Å²) in [5.41, 5.74) is 4.13. The lowest BCUT2D eigenvalue weighted by atomic mass is 9.96. The summed E-state index contributed by atoms with van der Waals surface area (Å²) in [6, 6.07) is 14.9. The van der Waals surface area contributed by atoms with Crippen LogP contribution in [0.3, 0.4) is 0 Å². The van der Waals surface area contributed by atoms with E-state index in [2.05, 4.69) is 74.7 Å². The highest BCUT2D eigenvalue weighted by atomic mass is 15.2. The van der Waals surface area contributed by atoms with E-state index < -0.39 is 0 Å². The highest BCUT2D eigenvalue weighted by Crippen LogP contribution is 2.20. The predicted octanol–water partition coefficient (Wildman–Crippen LogP) is 3.96. The Morgan fingerprint density at radius 2 is 1.90 bits per heavy atom. The monoisotopic (exact) mass is 403 g/mol. The minimum atomic E-state index is 0.733. The first-order valence-corrected chi connectivity index (χ1v) is 11.1. The number of rotatable bonds is 8. The van der Waals surface area contributed by atoms with Crippen LogP contribution < -0.4 is 0 Å². The lowest BCUT2D eigenvalue weighted by molar-refractivity contribution is 0.141. The Bertz CT molecular complexity index is 920. The van der Waals surface area contributed by atoms with Crippen LogP contribution in [0.4, 0.5) is 0 Å². The van der Waals surface area contributed by atoms with Crippen molar-refractivity contribution in [3.8, 4) is 5.95 Å². The maximum Gasteiger partial charge on any atom is 0.233 e. The summed E-state index contributed by atoms with van der Waals surface area (Å²) in [5, 5.41) is 0. The largest absolute Gasteiger partial charge is 0.303 e. The molecule has 4 rings (SSSR count). The van der Waals surface area contributed by atoms with Gasteiger partial charge in [-0.05, 0) is 75.0 Å². The molecule has 0 spiro atoms. The molecule has 3 aromatic rings. The Hall–Kier alpha value is -2.50. The summed E-state index contributed by atoms with van der Waals surface area (Å²) in [6.45, 7) is 7.87. The van der Waals surface area contributed by atoms with E-state index >= 15 is 0 Å². The first-order valence-electron chi connectivity index (χ1n) is 11.1. The normalized spacial score (nSPS) is 17.5. The third-order valence-corrected chi connectivity index (χ3v) is 6.16. The van der Waals surface area contributed by atoms with E-state index in [1.165, 1.54) is 49.3 Å². The number of aromatic nitrogens is 3. The molecule has 1 fully saturated rings. The van der Waals surface area contributed by atoms with Crippen molar-refractivity contribution in [1.29, 1.82) is 0 Å². The van der Waals surface area contributed by atoms with Crippen molar-refractivity contribution in [3.63, 3.8) is 0 Å². The molecule has 1 saturated heterocycles. The van der Waals surface area contributed by atoms with Gasteiger partial charge in [-0.1, -0.05) is 24.3 Å². The van der Waals surface area contributed by atoms with Crippen molar-refractivity contribution in [1.82, 2.24) is 24.3 Å². The van der Waals surface area contributed by atoms with Gasteiger partial charge >= 0.3 is 0 Å². The highest BCUT2D eigenvalue weighted by Gasteiger charge is 2.21. The first-order chi connectivity index (χ1) is 14.7. The fraction of sp³-hybridized carbons (Fsp3) is 0.440. The second kappa shape index (κ2) is 10.0. The average molecular weight is 404 g/mol. The maximum atomic E-state index is 4.39. The van der Waals surface area contributed by atoms with Crippen molar-refractivity contribution in [2.75, 3.05) is 33.2 Å². The second-order valence-electron chi connectivity index (χ2n) is 8.60. The summed E-state index contributed by atoms with van der Waals surface area (Å²) in [6.07, 6.45) is 9.42. The molecule has 3 heterocycles. The summed E-state index contributed by atoms with van der Waals surface area (Å²) >= 11 is 0. The summed E-state index contributed by atoms with van der Waals surface area (Å²) in [4.78, 5) is 13.9. The van der Waals surface area contributed by atoms with E-state index in [-0.39, 0.29) is 0 Å². The number of likely N-dealkylation sites (tertiary alicyclic amines) is 1. The van der Waals surface area contributed by atoms with Crippen LogP contribution in [0.5, 0.6) is 0 Å². The lowest BCUT2D eigenvalue weighted by Crippen LogP contribution is -2.41. The first kappa shape index (κ1) is 20.8. The minimum absolute atomic E-state index is 0.733. The molecular formula is C25H33N5. The molecule has 1 aromatic carbocycles. The Morgan fingerprint density at radius 3 is 2.73 bits per heavy atom. The molecule has 5 nitrogen and oxygen atoms in total. The predicted molar refractivity (Wildman–Crippen MR) is 122 cm³/mol. The number of piperidine rings is 1. The Kier molecular flexibility index (Phi) is 6.92. The molecule has 0 amide bonds. The Morgan fingerprint density at radius 1 is 1.07 bits per heavy atom. The van der Waals surface area contributed by atoms with Crippen molar-refractivity contribution in [3.05, 3.63) is 77.9 Å². The second-order valence-corrected chi connectivity index (χ2v) is 8.60. The van der Waals surface area contributed by atoms with Gasteiger partial charge in [0.05, 0.1) is 0 Å². The highest BCUT2D eigenvalue weighted by molar-refractivity contribution is 5.25. The maximum absolute atomic E-state index is 4.39. The van der Waals surface area contributed by atoms with Gasteiger partial charge in [-0.3, -0.25) is 4.57 Å². The topological polar surface area (TPSA) is 37.2 Å². The van der Waals surface area contributed by atoms with Gasteiger partial charge in [0.2, 0.25) is 5.95 Å². The number of nitrogens with zero attached hydrogens (tertiary/aromatic N) is 5. The van der Waals surface area contributed by atoms with E-state index in [0.29, 0.717) is 0 Å². The molecule has 0 saturated carbocycles. The summed E-state index contributed by atoms with van der Waals surface area (Å²) in [7, 11) is 2.23. The molecule has 1 aliphatic heterocycles. The van der Waals surface area contributed by atoms with E-state index in [1.807, 2.05) is 12.3 Å². The zero-order valence-corrected chi connectivity index (χ0v) is 18.2. The Balaban J connectivity index is 1.29. The number of aryl methyl sites for hydroxylation is 1. The molecule has 1 aliphatic rings. The van der Waals surface area contributed by atoms with Gasteiger partial charge in [-0.15, -0.1) is 0 Å². The van der Waals surface area contributed by atoms with Crippen LogP contribution in [-0.4, -0.2) is 57.6 Å². The van der Waals surface area contributed by atoms with Crippen molar-refractivity contribution in [2.45, 2.75) is 32.7 Å². The van der Waals surface area contributed by atoms with Crippen LogP contribution >= 0.6 is 0 Å². The van der Waals surface area contributed by atoms with Gasteiger partial charge < -0.3 is 9.80 Å². The van der Waals surface area contributed by atoms with Gasteiger partial charge in [0.25, 0.3) is 0 Å². The molecule has 0 unspecified atom stereocenters. The fourth-order valence-corrected chi connectivity index (χ4v) is 4.61.